The average molecular weight is 356 g/mol. The van der Waals surface area contributed by atoms with Crippen LogP contribution in [0.15, 0.2) is 46.8 Å². The first-order chi connectivity index (χ1) is 11.6. The summed E-state index contributed by atoms with van der Waals surface area (Å²) in [4.78, 5) is 5.89. The second kappa shape index (κ2) is 5.44. The van der Waals surface area contributed by atoms with Crippen LogP contribution >= 0.6 is 22.9 Å². The Balaban J connectivity index is 1.41. The zero-order valence-electron chi connectivity index (χ0n) is 13.7. The first-order valence-electron chi connectivity index (χ1n) is 9.00. The Morgan fingerprint density at radius 2 is 1.79 bits per heavy atom. The molecule has 1 aromatic heterocycles. The van der Waals surface area contributed by atoms with E-state index in [9.17, 15) is 0 Å². The quantitative estimate of drug-likeness (QED) is 0.450. The Hall–Kier alpha value is -1.12. The van der Waals surface area contributed by atoms with Crippen LogP contribution in [0.4, 0.5) is 5.69 Å². The molecule has 3 heteroatoms. The van der Waals surface area contributed by atoms with E-state index in [1.54, 1.807) is 11.3 Å². The lowest BCUT2D eigenvalue weighted by atomic mass is 9.47. The Labute approximate surface area is 152 Å². The largest absolute Gasteiger partial charge is 0.255 e. The number of thiophene rings is 1. The highest BCUT2D eigenvalue weighted by molar-refractivity contribution is 7.11. The maximum Gasteiger partial charge on any atom is 0.0630 e. The summed E-state index contributed by atoms with van der Waals surface area (Å²) in [7, 11) is 0. The van der Waals surface area contributed by atoms with Gasteiger partial charge in [0.25, 0.3) is 0 Å². The zero-order valence-corrected chi connectivity index (χ0v) is 15.3. The number of alkyl halides is 1. The molecule has 1 heterocycles. The van der Waals surface area contributed by atoms with E-state index < -0.39 is 0 Å². The van der Waals surface area contributed by atoms with Crippen LogP contribution in [0.25, 0.3) is 0 Å². The van der Waals surface area contributed by atoms with Crippen LogP contribution in [0.1, 0.15) is 49.0 Å². The number of halogens is 1. The second-order valence-electron chi connectivity index (χ2n) is 8.21. The van der Waals surface area contributed by atoms with Crippen molar-refractivity contribution in [3.63, 3.8) is 0 Å². The molecule has 0 aliphatic heterocycles. The third kappa shape index (κ3) is 2.55. The molecule has 124 valence electrons. The molecule has 2 atom stereocenters. The van der Waals surface area contributed by atoms with Crippen LogP contribution < -0.4 is 0 Å². The van der Waals surface area contributed by atoms with Crippen LogP contribution in [0, 0.1) is 11.8 Å². The molecule has 4 fully saturated rings. The first-order valence-corrected chi connectivity index (χ1v) is 10.3. The van der Waals surface area contributed by atoms with Crippen molar-refractivity contribution in [2.24, 2.45) is 16.8 Å². The molecular formula is C21H22ClNS. The fourth-order valence-electron chi connectivity index (χ4n) is 5.89. The van der Waals surface area contributed by atoms with Gasteiger partial charge in [-0.3, -0.25) is 4.99 Å². The third-order valence-electron chi connectivity index (χ3n) is 6.35. The monoisotopic (exact) mass is 355 g/mol. The summed E-state index contributed by atoms with van der Waals surface area (Å²) in [5.74, 6) is 1.69. The molecule has 0 N–H and O–H groups in total. The van der Waals surface area contributed by atoms with E-state index in [1.165, 1.54) is 49.0 Å². The van der Waals surface area contributed by atoms with E-state index in [2.05, 4.69) is 46.8 Å². The van der Waals surface area contributed by atoms with Gasteiger partial charge in [0.2, 0.25) is 0 Å². The Morgan fingerprint density at radius 3 is 2.42 bits per heavy atom. The van der Waals surface area contributed by atoms with Gasteiger partial charge in [-0.25, -0.2) is 0 Å². The Kier molecular flexibility index (Phi) is 3.44. The number of rotatable bonds is 3. The van der Waals surface area contributed by atoms with Gasteiger partial charge in [-0.15, -0.1) is 22.9 Å². The number of benzene rings is 1. The molecule has 4 saturated carbocycles. The van der Waals surface area contributed by atoms with Gasteiger partial charge in [-0.2, -0.15) is 0 Å². The lowest BCUT2D eigenvalue weighted by Gasteiger charge is -2.60. The van der Waals surface area contributed by atoms with Crippen molar-refractivity contribution in [1.82, 2.24) is 0 Å². The number of aliphatic imine (C=N–C) groups is 1. The summed E-state index contributed by atoms with van der Waals surface area (Å²) in [5, 5.41) is 2.08. The molecular weight excluding hydrogens is 334 g/mol. The van der Waals surface area contributed by atoms with Gasteiger partial charge in [0.1, 0.15) is 0 Å². The van der Waals surface area contributed by atoms with Crippen LogP contribution in [0.5, 0.6) is 0 Å². The van der Waals surface area contributed by atoms with E-state index in [0.29, 0.717) is 5.41 Å². The summed E-state index contributed by atoms with van der Waals surface area (Å²) in [6.07, 6.45) is 9.72. The summed E-state index contributed by atoms with van der Waals surface area (Å²) >= 11 is 8.71. The van der Waals surface area contributed by atoms with Crippen LogP contribution in [-0.4, -0.2) is 11.1 Å². The van der Waals surface area contributed by atoms with Gasteiger partial charge >= 0.3 is 0 Å². The second-order valence-corrected chi connectivity index (χ2v) is 9.99. The van der Waals surface area contributed by atoms with Gasteiger partial charge in [0.15, 0.2) is 0 Å². The van der Waals surface area contributed by atoms with Crippen LogP contribution in [0.2, 0.25) is 0 Å². The van der Waals surface area contributed by atoms with Crippen molar-refractivity contribution in [3.05, 3.63) is 52.2 Å². The van der Waals surface area contributed by atoms with Crippen molar-refractivity contribution >= 4 is 34.8 Å². The van der Waals surface area contributed by atoms with Crippen molar-refractivity contribution in [2.45, 2.75) is 48.8 Å². The first kappa shape index (κ1) is 15.2. The SMILES string of the molecule is ClC12C[C@H]3C[C@H](C1)CC(c1ccc(N=Cc4cccs4)cc1)(C3)C2. The maximum atomic E-state index is 6.99. The van der Waals surface area contributed by atoms with E-state index in [4.69, 9.17) is 11.6 Å². The van der Waals surface area contributed by atoms with Gasteiger partial charge in [-0.05, 0) is 84.9 Å². The predicted octanol–water partition coefficient (Wildman–Crippen LogP) is 6.33. The van der Waals surface area contributed by atoms with Gasteiger partial charge in [0, 0.05) is 16.0 Å². The van der Waals surface area contributed by atoms with Crippen molar-refractivity contribution in [2.75, 3.05) is 0 Å². The van der Waals surface area contributed by atoms with E-state index in [1.807, 2.05) is 6.21 Å². The fraction of sp³-hybridized carbons (Fsp3) is 0.476. The summed E-state index contributed by atoms with van der Waals surface area (Å²) in [6.45, 7) is 0. The predicted molar refractivity (Wildman–Crippen MR) is 103 cm³/mol. The van der Waals surface area contributed by atoms with Crippen LogP contribution in [0.3, 0.4) is 0 Å². The van der Waals surface area contributed by atoms with E-state index in [0.717, 1.165) is 17.5 Å². The molecule has 0 radical (unpaired) electrons. The fourth-order valence-corrected chi connectivity index (χ4v) is 7.17. The summed E-state index contributed by atoms with van der Waals surface area (Å²) in [5.41, 5.74) is 2.87. The number of nitrogens with zero attached hydrogens (tertiary/aromatic N) is 1. The lowest BCUT2D eigenvalue weighted by molar-refractivity contribution is 0.00900. The summed E-state index contributed by atoms with van der Waals surface area (Å²) < 4.78 is 0. The van der Waals surface area contributed by atoms with Gasteiger partial charge < -0.3 is 0 Å². The smallest absolute Gasteiger partial charge is 0.0630 e. The Morgan fingerprint density at radius 1 is 1.04 bits per heavy atom. The van der Waals surface area contributed by atoms with Crippen molar-refractivity contribution < 1.29 is 0 Å². The zero-order chi connectivity index (χ0) is 16.2. The van der Waals surface area contributed by atoms with Crippen LogP contribution in [-0.2, 0) is 5.41 Å². The van der Waals surface area contributed by atoms with Crippen molar-refractivity contribution in [3.8, 4) is 0 Å². The molecule has 6 rings (SSSR count). The average Bonchev–Trinajstić information content (AvgIpc) is 3.04. The standard InChI is InChI=1S/C21H22ClNS/c22-21-11-15-8-16(12-21)10-20(9-15,14-21)17-3-5-18(6-4-17)23-13-19-2-1-7-24-19/h1-7,13,15-16H,8-12,14H2/t15-,16-,20?,21?/m0/s1. The highest BCUT2D eigenvalue weighted by Crippen LogP contribution is 2.64. The van der Waals surface area contributed by atoms with Crippen molar-refractivity contribution in [1.29, 1.82) is 0 Å². The van der Waals surface area contributed by atoms with E-state index >= 15 is 0 Å². The molecule has 4 aliphatic carbocycles. The molecule has 4 aliphatic rings. The molecule has 0 spiro atoms. The minimum absolute atomic E-state index is 0.0834. The molecule has 24 heavy (non-hydrogen) atoms. The molecule has 2 aromatic rings. The molecule has 1 nitrogen and oxygen atoms in total. The molecule has 1 aromatic carbocycles. The van der Waals surface area contributed by atoms with E-state index in [-0.39, 0.29) is 4.87 Å². The molecule has 4 bridgehead atoms. The topological polar surface area (TPSA) is 12.4 Å². The molecule has 0 unspecified atom stereocenters. The highest BCUT2D eigenvalue weighted by atomic mass is 35.5. The number of hydrogen-bond acceptors (Lipinski definition) is 2. The minimum atomic E-state index is 0.0834. The molecule has 0 saturated heterocycles. The highest BCUT2D eigenvalue weighted by Gasteiger charge is 2.57. The van der Waals surface area contributed by atoms with Gasteiger partial charge in [0.05, 0.1) is 5.69 Å². The Bertz CT molecular complexity index is 748. The third-order valence-corrected chi connectivity index (χ3v) is 7.60. The molecule has 0 amide bonds. The minimum Gasteiger partial charge on any atom is -0.255 e. The normalized spacial score (nSPS) is 37.4. The number of hydrogen-bond donors (Lipinski definition) is 0. The maximum absolute atomic E-state index is 6.99. The lowest BCUT2D eigenvalue weighted by Crippen LogP contribution is -2.55. The summed E-state index contributed by atoms with van der Waals surface area (Å²) in [6, 6.07) is 13.1. The van der Waals surface area contributed by atoms with Gasteiger partial charge in [-0.1, -0.05) is 18.2 Å².